The average Bonchev–Trinajstić information content (AvgIpc) is 3.71. The first-order valence-electron chi connectivity index (χ1n) is 18.9. The maximum atomic E-state index is 12.0. The summed E-state index contributed by atoms with van der Waals surface area (Å²) in [7, 11) is 0. The van der Waals surface area contributed by atoms with Gasteiger partial charge >= 0.3 is 0 Å². The standard InChI is InChI=1S/C42H53N3O6.BrH/c1-29(43-26-38(47)35-15-17-37(46)41-36(35)16-18-40(48)44-41)25-30-11-13-34(14-12-30)50-24-23-45-21-19-31(20-22-45)39(27-45)51-28-42(49,33-9-5-6-10-33)32-7-3-2-4-8-32;/h2-4,7-8,11-18,29,31,33,38-39,43,47,49H,5-6,9-10,19-28H2,1H3,(H-,44,46,48);1H/t29?,31?,38-,39-,42+,45?;/m0./s1. The van der Waals surface area contributed by atoms with Crippen molar-refractivity contribution in [2.45, 2.75) is 75.7 Å². The molecule has 280 valence electrons. The number of aliphatic hydroxyl groups excluding tert-OH is 1. The molecule has 4 fully saturated rings. The number of nitrogens with zero attached hydrogens (tertiary/aromatic N) is 1. The minimum absolute atomic E-state index is 0. The monoisotopic (exact) mass is 775 g/mol. The van der Waals surface area contributed by atoms with Gasteiger partial charge in [0.05, 0.1) is 31.3 Å². The summed E-state index contributed by atoms with van der Waals surface area (Å²) in [6.45, 7) is 7.73. The second kappa shape index (κ2) is 16.8. The number of phenols is 1. The third-order valence-electron chi connectivity index (χ3n) is 12.1. The predicted octanol–water partition coefficient (Wildman–Crippen LogP) is 2.57. The van der Waals surface area contributed by atoms with E-state index in [9.17, 15) is 20.1 Å². The van der Waals surface area contributed by atoms with E-state index in [0.29, 0.717) is 42.1 Å². The van der Waals surface area contributed by atoms with E-state index in [2.05, 4.69) is 41.5 Å². The van der Waals surface area contributed by atoms with E-state index in [1.165, 1.54) is 56.5 Å². The molecule has 3 aliphatic heterocycles. The minimum Gasteiger partial charge on any atom is -1.00 e. The van der Waals surface area contributed by atoms with Gasteiger partial charge in [-0.3, -0.25) is 4.79 Å². The number of aromatic amines is 1. The number of nitrogens with one attached hydrogen (secondary N) is 2. The van der Waals surface area contributed by atoms with Crippen molar-refractivity contribution in [3.8, 4) is 11.5 Å². The van der Waals surface area contributed by atoms with Crippen LogP contribution in [0.15, 0.2) is 83.7 Å². The Morgan fingerprint density at radius 2 is 1.69 bits per heavy atom. The Balaban J connectivity index is 0.00000464. The number of piperidine rings is 3. The molecule has 0 spiro atoms. The summed E-state index contributed by atoms with van der Waals surface area (Å²) in [5.41, 5.74) is 1.93. The van der Waals surface area contributed by atoms with Crippen LogP contribution in [0.5, 0.6) is 11.5 Å². The van der Waals surface area contributed by atoms with Gasteiger partial charge < -0.3 is 56.6 Å². The van der Waals surface area contributed by atoms with Crippen LogP contribution in [0.25, 0.3) is 10.9 Å². The quantitative estimate of drug-likeness (QED) is 0.118. The third-order valence-corrected chi connectivity index (χ3v) is 12.1. The second-order valence-corrected chi connectivity index (χ2v) is 15.5. The lowest BCUT2D eigenvalue weighted by molar-refractivity contribution is -0.946. The van der Waals surface area contributed by atoms with Gasteiger partial charge in [0.25, 0.3) is 0 Å². The van der Waals surface area contributed by atoms with Crippen LogP contribution >= 0.6 is 0 Å². The molecule has 10 heteroatoms. The number of fused-ring (bicyclic) bond motifs is 4. The summed E-state index contributed by atoms with van der Waals surface area (Å²) >= 11 is 0. The van der Waals surface area contributed by atoms with E-state index in [1.807, 2.05) is 30.3 Å². The zero-order chi connectivity index (χ0) is 35.4. The molecule has 5 N–H and O–H groups in total. The van der Waals surface area contributed by atoms with Crippen molar-refractivity contribution in [2.75, 3.05) is 45.9 Å². The van der Waals surface area contributed by atoms with E-state index >= 15 is 0 Å². The summed E-state index contributed by atoms with van der Waals surface area (Å²) in [4.78, 5) is 14.4. The number of H-pyrrole nitrogens is 1. The Morgan fingerprint density at radius 3 is 2.42 bits per heavy atom. The number of pyridine rings is 1. The third kappa shape index (κ3) is 8.59. The highest BCUT2D eigenvalue weighted by atomic mass is 79.9. The molecule has 9 nitrogen and oxygen atoms in total. The molecule has 4 atom stereocenters. The molecule has 0 amide bonds. The highest BCUT2D eigenvalue weighted by Crippen LogP contribution is 2.42. The molecule has 4 aromatic rings. The summed E-state index contributed by atoms with van der Waals surface area (Å²) in [5.74, 6) is 1.68. The van der Waals surface area contributed by atoms with Gasteiger partial charge in [0.1, 0.15) is 42.9 Å². The number of benzene rings is 3. The van der Waals surface area contributed by atoms with Crippen molar-refractivity contribution in [3.05, 3.63) is 106 Å². The number of aromatic hydroxyl groups is 1. The smallest absolute Gasteiger partial charge is 0.248 e. The largest absolute Gasteiger partial charge is 1.00 e. The first kappa shape index (κ1) is 38.5. The molecular formula is C42H54BrN3O6. The Kier molecular flexibility index (Phi) is 12.5. The topological polar surface area (TPSA) is 124 Å². The zero-order valence-electron chi connectivity index (χ0n) is 30.2. The normalized spacial score (nSPS) is 23.9. The van der Waals surface area contributed by atoms with Crippen molar-refractivity contribution in [2.24, 2.45) is 11.8 Å². The zero-order valence-corrected chi connectivity index (χ0v) is 31.8. The van der Waals surface area contributed by atoms with Crippen molar-refractivity contribution in [3.63, 3.8) is 0 Å². The van der Waals surface area contributed by atoms with Crippen molar-refractivity contribution in [1.29, 1.82) is 0 Å². The van der Waals surface area contributed by atoms with Crippen LogP contribution in [0.1, 0.15) is 68.2 Å². The Morgan fingerprint density at radius 1 is 0.962 bits per heavy atom. The van der Waals surface area contributed by atoms with E-state index in [1.54, 1.807) is 12.1 Å². The summed E-state index contributed by atoms with van der Waals surface area (Å²) in [6.07, 6.45) is 6.99. The van der Waals surface area contributed by atoms with Gasteiger partial charge in [0.15, 0.2) is 0 Å². The first-order chi connectivity index (χ1) is 24.7. The van der Waals surface area contributed by atoms with E-state index in [4.69, 9.17) is 9.47 Å². The fourth-order valence-corrected chi connectivity index (χ4v) is 9.00. The Hall–Kier alpha value is -3.25. The van der Waals surface area contributed by atoms with Gasteiger partial charge in [-0.15, -0.1) is 0 Å². The maximum Gasteiger partial charge on any atom is 0.248 e. The molecule has 0 radical (unpaired) electrons. The molecule has 2 bridgehead atoms. The van der Waals surface area contributed by atoms with Crippen LogP contribution < -0.4 is 32.6 Å². The molecule has 1 saturated carbocycles. The number of ether oxygens (including phenoxy) is 2. The number of quaternary nitrogens is 1. The molecule has 4 aliphatic rings. The summed E-state index contributed by atoms with van der Waals surface area (Å²) in [6, 6.07) is 24.8. The first-order valence-corrected chi connectivity index (χ1v) is 18.9. The molecule has 1 aromatic heterocycles. The lowest BCUT2D eigenvalue weighted by Crippen LogP contribution is -3.00. The molecule has 3 saturated heterocycles. The summed E-state index contributed by atoms with van der Waals surface area (Å²) in [5, 5.41) is 37.2. The minimum atomic E-state index is -0.925. The fraction of sp³-hybridized carbons (Fsp3) is 0.500. The van der Waals surface area contributed by atoms with Gasteiger partial charge in [-0.05, 0) is 73.1 Å². The molecule has 3 aromatic carbocycles. The van der Waals surface area contributed by atoms with Gasteiger partial charge in [0.2, 0.25) is 5.56 Å². The Labute approximate surface area is 317 Å². The predicted molar refractivity (Wildman–Crippen MR) is 199 cm³/mol. The SMILES string of the molecule is CC(Cc1ccc(OCC[N+]23CCC(CC2)[C@@H](OC[C@@](O)(c2ccccc2)C2CCCC2)C3)cc1)NC[C@H](O)c1ccc(O)c2[nH]c(=O)ccc12.[Br-]. The van der Waals surface area contributed by atoms with Crippen molar-refractivity contribution < 1.29 is 46.3 Å². The van der Waals surface area contributed by atoms with Crippen molar-refractivity contribution >= 4 is 10.9 Å². The average molecular weight is 777 g/mol. The van der Waals surface area contributed by atoms with Gasteiger partial charge in [0, 0.05) is 42.8 Å². The van der Waals surface area contributed by atoms with Crippen LogP contribution in [0, 0.1) is 11.8 Å². The van der Waals surface area contributed by atoms with Crippen LogP contribution in [-0.4, -0.2) is 82.9 Å². The fourth-order valence-electron chi connectivity index (χ4n) is 9.00. The molecular weight excluding hydrogens is 722 g/mol. The van der Waals surface area contributed by atoms with Crippen LogP contribution in [0.4, 0.5) is 0 Å². The molecule has 8 rings (SSSR count). The number of rotatable bonds is 15. The Bertz CT molecular complexity index is 1810. The second-order valence-electron chi connectivity index (χ2n) is 15.5. The number of aromatic nitrogens is 1. The van der Waals surface area contributed by atoms with Crippen LogP contribution in [0.2, 0.25) is 0 Å². The maximum absolute atomic E-state index is 12.0. The number of halogens is 1. The summed E-state index contributed by atoms with van der Waals surface area (Å²) < 4.78 is 14.0. The molecule has 4 heterocycles. The van der Waals surface area contributed by atoms with Crippen LogP contribution in [0.3, 0.4) is 0 Å². The molecule has 1 unspecified atom stereocenters. The van der Waals surface area contributed by atoms with Gasteiger partial charge in [-0.1, -0.05) is 61.4 Å². The lowest BCUT2D eigenvalue weighted by atomic mass is 9.80. The van der Waals surface area contributed by atoms with Gasteiger partial charge in [-0.2, -0.15) is 0 Å². The molecule has 52 heavy (non-hydrogen) atoms. The number of phenolic OH excluding ortho intramolecular Hbond substituents is 1. The van der Waals surface area contributed by atoms with Crippen molar-refractivity contribution in [1.82, 2.24) is 10.3 Å². The lowest BCUT2D eigenvalue weighted by Gasteiger charge is -2.52. The van der Waals surface area contributed by atoms with Crippen LogP contribution in [-0.2, 0) is 16.8 Å². The highest BCUT2D eigenvalue weighted by Gasteiger charge is 2.48. The van der Waals surface area contributed by atoms with E-state index in [0.717, 1.165) is 48.1 Å². The number of aliphatic hydroxyl groups is 2. The van der Waals surface area contributed by atoms with Gasteiger partial charge in [-0.25, -0.2) is 0 Å². The number of hydrogen-bond donors (Lipinski definition) is 5. The highest BCUT2D eigenvalue weighted by molar-refractivity contribution is 5.87. The van der Waals surface area contributed by atoms with E-state index < -0.39 is 11.7 Å². The van der Waals surface area contributed by atoms with E-state index in [-0.39, 0.29) is 46.4 Å². The molecule has 1 aliphatic carbocycles. The number of hydrogen-bond acceptors (Lipinski definition) is 7.